The van der Waals surface area contributed by atoms with Crippen LogP contribution < -0.4 is 5.32 Å². The average molecular weight is 196 g/mol. The van der Waals surface area contributed by atoms with Gasteiger partial charge in [0.05, 0.1) is 12.7 Å². The molecule has 80 valence electrons. The van der Waals surface area contributed by atoms with Gasteiger partial charge in [0.2, 0.25) is 5.91 Å². The fourth-order valence-electron chi connectivity index (χ4n) is 2.67. The van der Waals surface area contributed by atoms with E-state index in [4.69, 9.17) is 0 Å². The van der Waals surface area contributed by atoms with Crippen molar-refractivity contribution in [2.45, 2.75) is 52.2 Å². The molecular weight excluding hydrogens is 176 g/mol. The predicted molar refractivity (Wildman–Crippen MR) is 55.7 cm³/mol. The quantitative estimate of drug-likeness (QED) is 0.723. The lowest BCUT2D eigenvalue weighted by molar-refractivity contribution is -0.137. The molecule has 3 heteroatoms. The van der Waals surface area contributed by atoms with Crippen molar-refractivity contribution in [3.63, 3.8) is 0 Å². The van der Waals surface area contributed by atoms with Gasteiger partial charge in [-0.05, 0) is 24.7 Å². The minimum Gasteiger partial charge on any atom is -0.323 e. The van der Waals surface area contributed by atoms with Crippen molar-refractivity contribution in [3.8, 4) is 0 Å². The van der Waals surface area contributed by atoms with Gasteiger partial charge in [0.25, 0.3) is 0 Å². The molecule has 0 radical (unpaired) electrons. The molecule has 0 aromatic carbocycles. The summed E-state index contributed by atoms with van der Waals surface area (Å²) in [5, 5.41) is 3.27. The SMILES string of the molecule is CCC1NCC(=O)N1C1CCC1(C)C. The summed E-state index contributed by atoms with van der Waals surface area (Å²) in [6.07, 6.45) is 3.72. The van der Waals surface area contributed by atoms with E-state index in [-0.39, 0.29) is 12.1 Å². The molecule has 2 aliphatic rings. The van der Waals surface area contributed by atoms with Crippen molar-refractivity contribution in [1.29, 1.82) is 0 Å². The van der Waals surface area contributed by atoms with Crippen LogP contribution in [0.3, 0.4) is 0 Å². The fraction of sp³-hybridized carbons (Fsp3) is 0.909. The van der Waals surface area contributed by atoms with E-state index in [1.165, 1.54) is 12.8 Å². The Kier molecular flexibility index (Phi) is 2.30. The van der Waals surface area contributed by atoms with Crippen LogP contribution in [0.5, 0.6) is 0 Å². The molecule has 0 spiro atoms. The van der Waals surface area contributed by atoms with Crippen LogP contribution in [0.15, 0.2) is 0 Å². The number of hydrogen-bond acceptors (Lipinski definition) is 2. The van der Waals surface area contributed by atoms with Gasteiger partial charge in [0.1, 0.15) is 0 Å². The lowest BCUT2D eigenvalue weighted by Gasteiger charge is -2.50. The van der Waals surface area contributed by atoms with Crippen LogP contribution in [-0.2, 0) is 4.79 Å². The highest BCUT2D eigenvalue weighted by Crippen LogP contribution is 2.44. The second-order valence-corrected chi connectivity index (χ2v) is 5.15. The first kappa shape index (κ1) is 9.97. The molecule has 2 unspecified atom stereocenters. The van der Waals surface area contributed by atoms with Crippen molar-refractivity contribution in [2.24, 2.45) is 5.41 Å². The van der Waals surface area contributed by atoms with E-state index < -0.39 is 0 Å². The van der Waals surface area contributed by atoms with Gasteiger partial charge in [0, 0.05) is 6.04 Å². The molecule has 1 aliphatic heterocycles. The molecule has 1 saturated heterocycles. The van der Waals surface area contributed by atoms with Gasteiger partial charge < -0.3 is 4.90 Å². The Morgan fingerprint density at radius 1 is 1.57 bits per heavy atom. The molecule has 2 rings (SSSR count). The Hall–Kier alpha value is -0.570. The average Bonchev–Trinajstić information content (AvgIpc) is 2.47. The summed E-state index contributed by atoms with van der Waals surface area (Å²) in [6.45, 7) is 7.19. The van der Waals surface area contributed by atoms with Gasteiger partial charge in [0.15, 0.2) is 0 Å². The maximum atomic E-state index is 11.7. The largest absolute Gasteiger partial charge is 0.323 e. The number of amides is 1. The minimum atomic E-state index is 0.284. The van der Waals surface area contributed by atoms with E-state index in [1.54, 1.807) is 0 Å². The highest BCUT2D eigenvalue weighted by Gasteiger charge is 2.47. The van der Waals surface area contributed by atoms with Gasteiger partial charge in [-0.25, -0.2) is 0 Å². The zero-order chi connectivity index (χ0) is 10.3. The Labute approximate surface area is 85.8 Å². The molecule has 0 aromatic rings. The molecule has 1 saturated carbocycles. The molecule has 14 heavy (non-hydrogen) atoms. The first-order valence-corrected chi connectivity index (χ1v) is 5.61. The third-order valence-electron chi connectivity index (χ3n) is 3.80. The van der Waals surface area contributed by atoms with E-state index in [9.17, 15) is 4.79 Å². The van der Waals surface area contributed by atoms with E-state index >= 15 is 0 Å². The summed E-state index contributed by atoms with van der Waals surface area (Å²) < 4.78 is 0. The predicted octanol–water partition coefficient (Wildman–Crippen LogP) is 1.34. The maximum absolute atomic E-state index is 11.7. The standard InChI is InChI=1S/C11H20N2O/c1-4-9-12-7-10(14)13(9)8-5-6-11(8,2)3/h8-9,12H,4-7H2,1-3H3. The summed E-state index contributed by atoms with van der Waals surface area (Å²) in [4.78, 5) is 13.8. The van der Waals surface area contributed by atoms with Gasteiger partial charge >= 0.3 is 0 Å². The van der Waals surface area contributed by atoms with Crippen molar-refractivity contribution < 1.29 is 4.79 Å². The monoisotopic (exact) mass is 196 g/mol. The summed E-state index contributed by atoms with van der Waals surface area (Å²) in [5.41, 5.74) is 0.328. The van der Waals surface area contributed by atoms with E-state index in [2.05, 4.69) is 31.0 Å². The Morgan fingerprint density at radius 3 is 2.71 bits per heavy atom. The van der Waals surface area contributed by atoms with Crippen LogP contribution in [0, 0.1) is 5.41 Å². The summed E-state index contributed by atoms with van der Waals surface area (Å²) >= 11 is 0. The van der Waals surface area contributed by atoms with Crippen molar-refractivity contribution in [2.75, 3.05) is 6.54 Å². The highest BCUT2D eigenvalue weighted by molar-refractivity contribution is 5.81. The Morgan fingerprint density at radius 2 is 2.29 bits per heavy atom. The minimum absolute atomic E-state index is 0.284. The molecule has 3 nitrogen and oxygen atoms in total. The molecule has 0 aromatic heterocycles. The number of carbonyl (C=O) groups excluding carboxylic acids is 1. The van der Waals surface area contributed by atoms with Crippen LogP contribution in [-0.4, -0.2) is 29.6 Å². The van der Waals surface area contributed by atoms with Crippen LogP contribution in [0.2, 0.25) is 0 Å². The van der Waals surface area contributed by atoms with E-state index in [1.807, 2.05) is 0 Å². The van der Waals surface area contributed by atoms with Crippen LogP contribution in [0.4, 0.5) is 0 Å². The molecule has 1 aliphatic carbocycles. The first-order valence-electron chi connectivity index (χ1n) is 5.61. The second-order valence-electron chi connectivity index (χ2n) is 5.15. The molecule has 0 bridgehead atoms. The maximum Gasteiger partial charge on any atom is 0.238 e. The Balaban J connectivity index is 2.12. The molecule has 2 atom stereocenters. The normalized spacial score (nSPS) is 35.9. The van der Waals surface area contributed by atoms with Gasteiger partial charge in [-0.2, -0.15) is 0 Å². The first-order chi connectivity index (χ1) is 6.56. The molecule has 1 heterocycles. The molecular formula is C11H20N2O. The Bertz CT molecular complexity index is 250. The molecule has 2 fully saturated rings. The topological polar surface area (TPSA) is 32.3 Å². The van der Waals surface area contributed by atoms with Crippen molar-refractivity contribution in [3.05, 3.63) is 0 Å². The van der Waals surface area contributed by atoms with Crippen LogP contribution >= 0.6 is 0 Å². The van der Waals surface area contributed by atoms with Crippen LogP contribution in [0.25, 0.3) is 0 Å². The van der Waals surface area contributed by atoms with E-state index in [0.717, 1.165) is 6.42 Å². The summed E-state index contributed by atoms with van der Waals surface area (Å²) in [7, 11) is 0. The third-order valence-corrected chi connectivity index (χ3v) is 3.80. The second kappa shape index (κ2) is 3.23. The summed E-state index contributed by atoms with van der Waals surface area (Å²) in [5.74, 6) is 0.287. The third kappa shape index (κ3) is 1.34. The van der Waals surface area contributed by atoms with Crippen molar-refractivity contribution in [1.82, 2.24) is 10.2 Å². The number of rotatable bonds is 2. The lowest BCUT2D eigenvalue weighted by Crippen LogP contribution is -2.56. The van der Waals surface area contributed by atoms with E-state index in [0.29, 0.717) is 18.0 Å². The van der Waals surface area contributed by atoms with Gasteiger partial charge in [-0.15, -0.1) is 0 Å². The summed E-state index contributed by atoms with van der Waals surface area (Å²) in [6, 6.07) is 0.468. The van der Waals surface area contributed by atoms with Crippen LogP contribution in [0.1, 0.15) is 40.0 Å². The number of hydrogen-bond donors (Lipinski definition) is 1. The highest BCUT2D eigenvalue weighted by atomic mass is 16.2. The van der Waals surface area contributed by atoms with Gasteiger partial charge in [-0.3, -0.25) is 10.1 Å². The number of carbonyl (C=O) groups is 1. The molecule has 1 amide bonds. The fourth-order valence-corrected chi connectivity index (χ4v) is 2.67. The zero-order valence-electron chi connectivity index (χ0n) is 9.34. The zero-order valence-corrected chi connectivity index (χ0v) is 9.34. The number of nitrogens with one attached hydrogen (secondary N) is 1. The number of nitrogens with zero attached hydrogens (tertiary/aromatic N) is 1. The smallest absolute Gasteiger partial charge is 0.238 e. The van der Waals surface area contributed by atoms with Crippen molar-refractivity contribution >= 4 is 5.91 Å². The lowest BCUT2D eigenvalue weighted by atomic mass is 9.66. The molecule has 1 N–H and O–H groups in total. The van der Waals surface area contributed by atoms with Gasteiger partial charge in [-0.1, -0.05) is 20.8 Å².